The molecule has 0 fully saturated rings. The van der Waals surface area contributed by atoms with E-state index in [2.05, 4.69) is 29.2 Å². The molecule has 0 aliphatic rings. The maximum absolute atomic E-state index is 12.1. The largest absolute Gasteiger partial charge is 0.296 e. The topological polar surface area (TPSA) is 34.9 Å². The minimum absolute atomic E-state index is 0.0570. The molecule has 0 amide bonds. The number of hydrogen-bond donors (Lipinski definition) is 0. The minimum Gasteiger partial charge on any atom is -0.296 e. The molecule has 0 aliphatic carbocycles. The van der Waals surface area contributed by atoms with Gasteiger partial charge in [-0.2, -0.15) is 0 Å². The molecular formula is C17H21ClN2O. The van der Waals surface area contributed by atoms with E-state index >= 15 is 0 Å². The van der Waals surface area contributed by atoms with Crippen molar-refractivity contribution in [2.75, 3.05) is 0 Å². The van der Waals surface area contributed by atoms with Crippen LogP contribution in [0.5, 0.6) is 0 Å². The van der Waals surface area contributed by atoms with Gasteiger partial charge in [-0.3, -0.25) is 9.36 Å². The lowest BCUT2D eigenvalue weighted by Crippen LogP contribution is -2.25. The van der Waals surface area contributed by atoms with Crippen LogP contribution in [0.25, 0.3) is 0 Å². The van der Waals surface area contributed by atoms with Gasteiger partial charge in [0.15, 0.2) is 0 Å². The van der Waals surface area contributed by atoms with E-state index in [1.54, 1.807) is 4.57 Å². The second kappa shape index (κ2) is 7.41. The Bertz CT molecular complexity index is 635. The van der Waals surface area contributed by atoms with Crippen LogP contribution in [0.4, 0.5) is 0 Å². The highest BCUT2D eigenvalue weighted by molar-refractivity contribution is 6.29. The maximum atomic E-state index is 12.1. The van der Waals surface area contributed by atoms with Gasteiger partial charge in [0.1, 0.15) is 11.0 Å². The van der Waals surface area contributed by atoms with Crippen LogP contribution >= 0.6 is 11.6 Å². The van der Waals surface area contributed by atoms with Crippen LogP contribution in [0.2, 0.25) is 5.15 Å². The average molecular weight is 305 g/mol. The summed E-state index contributed by atoms with van der Waals surface area (Å²) in [5.74, 6) is 0.956. The van der Waals surface area contributed by atoms with E-state index in [1.807, 2.05) is 19.9 Å². The fourth-order valence-electron chi connectivity index (χ4n) is 2.40. The molecule has 2 rings (SSSR count). The van der Waals surface area contributed by atoms with Gasteiger partial charge in [-0.05, 0) is 24.8 Å². The van der Waals surface area contributed by atoms with Gasteiger partial charge in [0.25, 0.3) is 5.56 Å². The van der Waals surface area contributed by atoms with Gasteiger partial charge in [-0.15, -0.1) is 0 Å². The molecule has 1 heterocycles. The number of hydrogen-bond acceptors (Lipinski definition) is 2. The Balaban J connectivity index is 1.98. The first-order chi connectivity index (χ1) is 10.1. The fourth-order valence-corrected chi connectivity index (χ4v) is 2.58. The molecule has 3 nitrogen and oxygen atoms in total. The van der Waals surface area contributed by atoms with Crippen molar-refractivity contribution in [3.05, 3.63) is 63.3 Å². The van der Waals surface area contributed by atoms with Crippen molar-refractivity contribution in [2.24, 2.45) is 0 Å². The number of rotatable bonds is 6. The molecule has 0 unspecified atom stereocenters. The predicted molar refractivity (Wildman–Crippen MR) is 87.0 cm³/mol. The summed E-state index contributed by atoms with van der Waals surface area (Å²) in [4.78, 5) is 16.4. The Labute approximate surface area is 130 Å². The van der Waals surface area contributed by atoms with Crippen molar-refractivity contribution in [2.45, 2.75) is 45.6 Å². The minimum atomic E-state index is -0.0570. The summed E-state index contributed by atoms with van der Waals surface area (Å²) in [5.41, 5.74) is 1.28. The quantitative estimate of drug-likeness (QED) is 0.596. The van der Waals surface area contributed by atoms with Crippen molar-refractivity contribution in [3.8, 4) is 0 Å². The van der Waals surface area contributed by atoms with Crippen LogP contribution in [-0.4, -0.2) is 9.55 Å². The van der Waals surface area contributed by atoms with E-state index in [-0.39, 0.29) is 16.6 Å². The number of halogens is 1. The average Bonchev–Trinajstić information content (AvgIpc) is 2.45. The molecule has 0 bridgehead atoms. The van der Waals surface area contributed by atoms with E-state index in [0.29, 0.717) is 6.54 Å². The van der Waals surface area contributed by atoms with Gasteiger partial charge in [-0.25, -0.2) is 4.98 Å². The zero-order valence-corrected chi connectivity index (χ0v) is 13.3. The third kappa shape index (κ3) is 4.43. The molecule has 21 heavy (non-hydrogen) atoms. The summed E-state index contributed by atoms with van der Waals surface area (Å²) in [6, 6.07) is 11.8. The highest BCUT2D eigenvalue weighted by atomic mass is 35.5. The summed E-state index contributed by atoms with van der Waals surface area (Å²) < 4.78 is 1.75. The molecule has 112 valence electrons. The van der Waals surface area contributed by atoms with Crippen molar-refractivity contribution >= 4 is 11.6 Å². The number of unbranched alkanes of at least 4 members (excludes halogenated alkanes) is 1. The van der Waals surface area contributed by atoms with Crippen molar-refractivity contribution in [3.63, 3.8) is 0 Å². The zero-order chi connectivity index (χ0) is 15.2. The zero-order valence-electron chi connectivity index (χ0n) is 12.6. The molecule has 0 radical (unpaired) electrons. The van der Waals surface area contributed by atoms with Crippen molar-refractivity contribution < 1.29 is 0 Å². The van der Waals surface area contributed by atoms with Gasteiger partial charge in [-0.1, -0.05) is 55.8 Å². The fraction of sp³-hybridized carbons (Fsp3) is 0.412. The molecule has 1 aromatic heterocycles. The second-order valence-corrected chi connectivity index (χ2v) is 5.91. The second-order valence-electron chi connectivity index (χ2n) is 5.52. The Morgan fingerprint density at radius 2 is 1.90 bits per heavy atom. The normalized spacial score (nSPS) is 11.0. The van der Waals surface area contributed by atoms with Crippen LogP contribution in [0.1, 0.15) is 44.0 Å². The summed E-state index contributed by atoms with van der Waals surface area (Å²) in [5, 5.41) is 0.282. The number of benzene rings is 1. The van der Waals surface area contributed by atoms with Gasteiger partial charge in [0.05, 0.1) is 0 Å². The van der Waals surface area contributed by atoms with Gasteiger partial charge in [0.2, 0.25) is 0 Å². The lowest BCUT2D eigenvalue weighted by Gasteiger charge is -2.14. The van der Waals surface area contributed by atoms with E-state index < -0.39 is 0 Å². The Hall–Kier alpha value is -1.61. The lowest BCUT2D eigenvalue weighted by atomic mass is 10.1. The van der Waals surface area contributed by atoms with Crippen LogP contribution in [0.15, 0.2) is 41.2 Å². The Kier molecular flexibility index (Phi) is 5.57. The third-order valence-corrected chi connectivity index (χ3v) is 3.66. The van der Waals surface area contributed by atoms with E-state index in [0.717, 1.165) is 25.1 Å². The van der Waals surface area contributed by atoms with Gasteiger partial charge >= 0.3 is 0 Å². The Morgan fingerprint density at radius 3 is 2.57 bits per heavy atom. The molecule has 4 heteroatoms. The number of aryl methyl sites for hydroxylation is 1. The molecule has 0 saturated heterocycles. The van der Waals surface area contributed by atoms with Crippen LogP contribution < -0.4 is 5.56 Å². The van der Waals surface area contributed by atoms with Gasteiger partial charge in [0, 0.05) is 18.5 Å². The summed E-state index contributed by atoms with van der Waals surface area (Å²) >= 11 is 5.88. The molecule has 0 aliphatic heterocycles. The smallest absolute Gasteiger partial charge is 0.254 e. The van der Waals surface area contributed by atoms with E-state index in [9.17, 15) is 4.79 Å². The first-order valence-electron chi connectivity index (χ1n) is 7.39. The molecule has 0 saturated carbocycles. The molecule has 1 aromatic carbocycles. The Morgan fingerprint density at radius 1 is 1.19 bits per heavy atom. The van der Waals surface area contributed by atoms with E-state index in [4.69, 9.17) is 11.6 Å². The number of aromatic nitrogens is 2. The van der Waals surface area contributed by atoms with Crippen LogP contribution in [0, 0.1) is 0 Å². The van der Waals surface area contributed by atoms with Crippen LogP contribution in [-0.2, 0) is 13.0 Å². The third-order valence-electron chi connectivity index (χ3n) is 3.46. The maximum Gasteiger partial charge on any atom is 0.254 e. The molecule has 0 N–H and O–H groups in total. The summed E-state index contributed by atoms with van der Waals surface area (Å²) in [6.45, 7) is 4.75. The van der Waals surface area contributed by atoms with Gasteiger partial charge < -0.3 is 0 Å². The monoisotopic (exact) mass is 304 g/mol. The lowest BCUT2D eigenvalue weighted by molar-refractivity contribution is 0.540. The first-order valence-corrected chi connectivity index (χ1v) is 7.77. The molecule has 2 aromatic rings. The summed E-state index contributed by atoms with van der Waals surface area (Å²) in [6.07, 6.45) is 3.04. The number of nitrogens with zero attached hydrogens (tertiary/aromatic N) is 2. The summed E-state index contributed by atoms with van der Waals surface area (Å²) in [7, 11) is 0. The van der Waals surface area contributed by atoms with Crippen LogP contribution in [0.3, 0.4) is 0 Å². The predicted octanol–water partition coefficient (Wildman–Crippen LogP) is 4.04. The first kappa shape index (κ1) is 15.8. The van der Waals surface area contributed by atoms with Crippen molar-refractivity contribution in [1.29, 1.82) is 0 Å². The SMILES string of the molecule is CC(C)c1nc(Cl)cc(=O)n1CCCCc1ccccc1. The molecule has 0 atom stereocenters. The van der Waals surface area contributed by atoms with E-state index in [1.165, 1.54) is 11.6 Å². The molecule has 0 spiro atoms. The highest BCUT2D eigenvalue weighted by Crippen LogP contribution is 2.14. The van der Waals surface area contributed by atoms with Crippen molar-refractivity contribution in [1.82, 2.24) is 9.55 Å². The standard InChI is InChI=1S/C17H21ClN2O/c1-13(2)17-19-15(18)12-16(21)20(17)11-7-6-10-14-8-4-3-5-9-14/h3-5,8-9,12-13H,6-7,10-11H2,1-2H3. The highest BCUT2D eigenvalue weighted by Gasteiger charge is 2.11. The molecular weight excluding hydrogens is 284 g/mol.